The lowest BCUT2D eigenvalue weighted by atomic mass is 9.96. The monoisotopic (exact) mass is 450 g/mol. The van der Waals surface area contributed by atoms with E-state index in [0.717, 1.165) is 35.1 Å². The molecule has 8 heteroatoms. The summed E-state index contributed by atoms with van der Waals surface area (Å²) in [6, 6.07) is 10.6. The molecule has 0 saturated carbocycles. The van der Waals surface area contributed by atoms with Gasteiger partial charge < -0.3 is 23.8 Å². The number of ketones is 1. The van der Waals surface area contributed by atoms with Crippen LogP contribution in [0.2, 0.25) is 0 Å². The van der Waals surface area contributed by atoms with Gasteiger partial charge in [0.2, 0.25) is 11.5 Å². The lowest BCUT2D eigenvalue weighted by Crippen LogP contribution is -2.29. The maximum atomic E-state index is 13.2. The molecule has 0 unspecified atom stereocenters. The standard InChI is InChI=1S/C25H26N2O6/c1-27-10-9-19-17(13-27)23(16-7-5-6-8-18(16)26-19)25(29)33-14-20(28)15-11-21(30-2)24(32-4)22(12-15)31-3/h5-8,11-12H,9-10,13-14H2,1-4H3. The Morgan fingerprint density at radius 1 is 1.03 bits per heavy atom. The van der Waals surface area contributed by atoms with Gasteiger partial charge in [-0.05, 0) is 25.2 Å². The summed E-state index contributed by atoms with van der Waals surface area (Å²) < 4.78 is 21.4. The molecule has 1 aliphatic heterocycles. The molecule has 0 bridgehead atoms. The molecule has 8 nitrogen and oxygen atoms in total. The number of hydrogen-bond donors (Lipinski definition) is 0. The second-order valence-corrected chi connectivity index (χ2v) is 7.83. The van der Waals surface area contributed by atoms with Gasteiger partial charge >= 0.3 is 5.97 Å². The fourth-order valence-electron chi connectivity index (χ4n) is 4.09. The highest BCUT2D eigenvalue weighted by atomic mass is 16.5. The minimum Gasteiger partial charge on any atom is -0.493 e. The van der Waals surface area contributed by atoms with Crippen molar-refractivity contribution in [3.05, 3.63) is 58.8 Å². The van der Waals surface area contributed by atoms with E-state index in [9.17, 15) is 9.59 Å². The predicted octanol–water partition coefficient (Wildman–Crippen LogP) is 3.29. The summed E-state index contributed by atoms with van der Waals surface area (Å²) in [4.78, 5) is 33.0. The fourth-order valence-corrected chi connectivity index (χ4v) is 4.09. The molecule has 2 aromatic carbocycles. The van der Waals surface area contributed by atoms with Gasteiger partial charge in [0.05, 0.1) is 32.4 Å². The van der Waals surface area contributed by atoms with Crippen molar-refractivity contribution in [2.45, 2.75) is 13.0 Å². The van der Waals surface area contributed by atoms with E-state index in [-0.39, 0.29) is 5.78 Å². The molecule has 0 aliphatic carbocycles. The topological polar surface area (TPSA) is 87.2 Å². The Morgan fingerprint density at radius 3 is 2.39 bits per heavy atom. The van der Waals surface area contributed by atoms with Crippen LogP contribution in [0.5, 0.6) is 17.2 Å². The van der Waals surface area contributed by atoms with Gasteiger partial charge in [0, 0.05) is 41.7 Å². The molecule has 172 valence electrons. The summed E-state index contributed by atoms with van der Waals surface area (Å²) in [5.74, 6) is 0.160. The first-order valence-electron chi connectivity index (χ1n) is 10.6. The number of carbonyl (C=O) groups excluding carboxylic acids is 2. The van der Waals surface area contributed by atoms with Crippen LogP contribution in [-0.4, -0.2) is 63.2 Å². The summed E-state index contributed by atoms with van der Waals surface area (Å²) in [5.41, 5.74) is 3.25. The number of ether oxygens (including phenoxy) is 4. The number of para-hydroxylation sites is 1. The van der Waals surface area contributed by atoms with Crippen LogP contribution in [0.4, 0.5) is 0 Å². The Hall–Kier alpha value is -3.65. The van der Waals surface area contributed by atoms with Gasteiger partial charge in [-0.2, -0.15) is 0 Å². The normalized spacial score (nSPS) is 13.3. The third-order valence-corrected chi connectivity index (χ3v) is 5.76. The lowest BCUT2D eigenvalue weighted by Gasteiger charge is -2.26. The number of hydrogen-bond acceptors (Lipinski definition) is 8. The molecule has 2 heterocycles. The number of pyridine rings is 1. The quantitative estimate of drug-likeness (QED) is 0.400. The Morgan fingerprint density at radius 2 is 1.73 bits per heavy atom. The first-order valence-corrected chi connectivity index (χ1v) is 10.6. The van der Waals surface area contributed by atoms with Crippen molar-refractivity contribution in [3.8, 4) is 17.2 Å². The van der Waals surface area contributed by atoms with Crippen LogP contribution in [0.3, 0.4) is 0 Å². The van der Waals surface area contributed by atoms with E-state index in [4.69, 9.17) is 23.9 Å². The summed E-state index contributed by atoms with van der Waals surface area (Å²) in [5, 5.41) is 0.719. The smallest absolute Gasteiger partial charge is 0.339 e. The maximum absolute atomic E-state index is 13.2. The third-order valence-electron chi connectivity index (χ3n) is 5.76. The Bertz CT molecular complexity index is 1200. The van der Waals surface area contributed by atoms with Crippen molar-refractivity contribution < 1.29 is 28.5 Å². The first-order chi connectivity index (χ1) is 16.0. The van der Waals surface area contributed by atoms with Gasteiger partial charge in [0.15, 0.2) is 18.1 Å². The number of likely N-dealkylation sites (N-methyl/N-ethyl adjacent to an activating group) is 1. The number of methoxy groups -OCH3 is 3. The van der Waals surface area contributed by atoms with Crippen LogP contribution >= 0.6 is 0 Å². The molecule has 0 atom stereocenters. The molecule has 4 rings (SSSR count). The predicted molar refractivity (Wildman–Crippen MR) is 122 cm³/mol. The molecular formula is C25H26N2O6. The summed E-state index contributed by atoms with van der Waals surface area (Å²) in [7, 11) is 6.43. The second kappa shape index (κ2) is 9.46. The van der Waals surface area contributed by atoms with E-state index in [2.05, 4.69) is 4.90 Å². The van der Waals surface area contributed by atoms with Crippen molar-refractivity contribution in [2.24, 2.45) is 0 Å². The van der Waals surface area contributed by atoms with E-state index in [1.165, 1.54) is 33.5 Å². The zero-order valence-electron chi connectivity index (χ0n) is 19.1. The zero-order chi connectivity index (χ0) is 23.5. The molecule has 0 fully saturated rings. The van der Waals surface area contributed by atoms with Gasteiger partial charge in [-0.25, -0.2) is 4.79 Å². The van der Waals surface area contributed by atoms with Crippen molar-refractivity contribution in [1.82, 2.24) is 9.88 Å². The van der Waals surface area contributed by atoms with E-state index >= 15 is 0 Å². The molecular weight excluding hydrogens is 424 g/mol. The van der Waals surface area contributed by atoms with E-state index in [1.807, 2.05) is 31.3 Å². The molecule has 1 aliphatic rings. The highest BCUT2D eigenvalue weighted by Crippen LogP contribution is 2.38. The molecule has 33 heavy (non-hydrogen) atoms. The Labute approximate surface area is 192 Å². The number of rotatable bonds is 7. The number of fused-ring (bicyclic) bond motifs is 2. The van der Waals surface area contributed by atoms with Crippen LogP contribution in [0.25, 0.3) is 10.9 Å². The highest BCUT2D eigenvalue weighted by Gasteiger charge is 2.26. The van der Waals surface area contributed by atoms with Gasteiger partial charge in [-0.3, -0.25) is 9.78 Å². The van der Waals surface area contributed by atoms with Crippen LogP contribution in [0, 0.1) is 0 Å². The molecule has 3 aromatic rings. The van der Waals surface area contributed by atoms with Crippen LogP contribution in [-0.2, 0) is 17.7 Å². The van der Waals surface area contributed by atoms with Crippen molar-refractivity contribution in [2.75, 3.05) is 41.5 Å². The summed E-state index contributed by atoms with van der Waals surface area (Å²) in [6.07, 6.45) is 0.751. The van der Waals surface area contributed by atoms with Crippen molar-refractivity contribution >= 4 is 22.7 Å². The number of benzene rings is 2. The minimum absolute atomic E-state index is 0.290. The number of carbonyl (C=O) groups is 2. The highest BCUT2D eigenvalue weighted by molar-refractivity contribution is 6.06. The summed E-state index contributed by atoms with van der Waals surface area (Å²) in [6.45, 7) is 1.05. The fraction of sp³-hybridized carbons (Fsp3) is 0.320. The zero-order valence-corrected chi connectivity index (χ0v) is 19.1. The SMILES string of the molecule is COc1cc(C(=O)COC(=O)c2c3c(nc4ccccc24)CCN(C)C3)cc(OC)c1OC. The maximum Gasteiger partial charge on any atom is 0.339 e. The van der Waals surface area contributed by atoms with Crippen molar-refractivity contribution in [1.29, 1.82) is 0 Å². The van der Waals surface area contributed by atoms with Gasteiger partial charge in [-0.1, -0.05) is 18.2 Å². The average Bonchev–Trinajstić information content (AvgIpc) is 2.84. The molecule has 0 saturated heterocycles. The first kappa shape index (κ1) is 22.5. The number of nitrogens with zero attached hydrogens (tertiary/aromatic N) is 2. The largest absolute Gasteiger partial charge is 0.493 e. The molecule has 0 spiro atoms. The van der Waals surface area contributed by atoms with Gasteiger partial charge in [0.25, 0.3) is 0 Å². The summed E-state index contributed by atoms with van der Waals surface area (Å²) >= 11 is 0. The van der Waals surface area contributed by atoms with Crippen LogP contribution in [0.1, 0.15) is 32.0 Å². The van der Waals surface area contributed by atoms with Crippen LogP contribution in [0.15, 0.2) is 36.4 Å². The van der Waals surface area contributed by atoms with Crippen LogP contribution < -0.4 is 14.2 Å². The Kier molecular flexibility index (Phi) is 6.46. The molecule has 0 N–H and O–H groups in total. The van der Waals surface area contributed by atoms with Gasteiger partial charge in [-0.15, -0.1) is 0 Å². The van der Waals surface area contributed by atoms with Crippen molar-refractivity contribution in [3.63, 3.8) is 0 Å². The van der Waals surface area contributed by atoms with E-state index in [1.54, 1.807) is 0 Å². The number of esters is 1. The average molecular weight is 450 g/mol. The number of Topliss-reactive ketones (excluding diaryl/α,β-unsaturated/α-hetero) is 1. The second-order valence-electron chi connectivity index (χ2n) is 7.83. The third kappa shape index (κ3) is 4.34. The van der Waals surface area contributed by atoms with E-state index in [0.29, 0.717) is 34.9 Å². The number of aromatic nitrogens is 1. The minimum atomic E-state index is -0.541. The van der Waals surface area contributed by atoms with E-state index < -0.39 is 12.6 Å². The molecule has 0 radical (unpaired) electrons. The van der Waals surface area contributed by atoms with Gasteiger partial charge in [0.1, 0.15) is 0 Å². The molecule has 1 aromatic heterocycles. The Balaban J connectivity index is 1.63. The lowest BCUT2D eigenvalue weighted by molar-refractivity contribution is 0.0474. The molecule has 0 amide bonds.